The first-order valence-electron chi connectivity index (χ1n) is 6.29. The van der Waals surface area contributed by atoms with Gasteiger partial charge in [0.05, 0.1) is 6.54 Å². The number of hydrogen-bond acceptors (Lipinski definition) is 4. The molecule has 1 aromatic heterocycles. The molecule has 0 aliphatic rings. The number of phenols is 1. The lowest BCUT2D eigenvalue weighted by molar-refractivity contribution is -0.119. The van der Waals surface area contributed by atoms with Crippen molar-refractivity contribution in [1.82, 2.24) is 10.3 Å². The number of hydrogen-bond donors (Lipinski definition) is 3. The van der Waals surface area contributed by atoms with Gasteiger partial charge < -0.3 is 15.7 Å². The highest BCUT2D eigenvalue weighted by atomic mass is 16.3. The molecule has 0 saturated heterocycles. The summed E-state index contributed by atoms with van der Waals surface area (Å²) in [6.07, 6.45) is 2.58. The summed E-state index contributed by atoms with van der Waals surface area (Å²) >= 11 is 0. The van der Waals surface area contributed by atoms with E-state index < -0.39 is 0 Å². The molecule has 0 unspecified atom stereocenters. The third kappa shape index (κ3) is 3.34. The van der Waals surface area contributed by atoms with Gasteiger partial charge in [0.25, 0.3) is 0 Å². The molecule has 2 rings (SSSR count). The Morgan fingerprint density at radius 2 is 2.21 bits per heavy atom. The van der Waals surface area contributed by atoms with E-state index in [-0.39, 0.29) is 18.2 Å². The van der Waals surface area contributed by atoms with Gasteiger partial charge >= 0.3 is 0 Å². The smallest absolute Gasteiger partial charge is 0.239 e. The summed E-state index contributed by atoms with van der Waals surface area (Å²) in [4.78, 5) is 15.7. The second kappa shape index (κ2) is 6.04. The topological polar surface area (TPSA) is 74.2 Å². The molecule has 3 N–H and O–H groups in total. The number of rotatable bonds is 5. The van der Waals surface area contributed by atoms with Crippen molar-refractivity contribution in [2.75, 3.05) is 18.4 Å². The Hall–Kier alpha value is -2.30. The summed E-state index contributed by atoms with van der Waals surface area (Å²) in [6, 6.07) is 6.93. The number of aromatic nitrogens is 1. The molecule has 19 heavy (non-hydrogen) atoms. The van der Waals surface area contributed by atoms with Crippen molar-refractivity contribution in [3.63, 3.8) is 0 Å². The Morgan fingerprint density at radius 1 is 1.37 bits per heavy atom. The van der Waals surface area contributed by atoms with Gasteiger partial charge in [-0.25, -0.2) is 4.98 Å². The van der Waals surface area contributed by atoms with E-state index in [1.54, 1.807) is 18.3 Å². The number of phenolic OH excluding ortho intramolecular Hbond substituents is 1. The molecule has 5 nitrogen and oxygen atoms in total. The highest BCUT2D eigenvalue weighted by molar-refractivity contribution is 5.94. The van der Waals surface area contributed by atoms with Crippen LogP contribution in [0.25, 0.3) is 10.8 Å². The first kappa shape index (κ1) is 13.1. The molecule has 0 atom stereocenters. The molecule has 0 aliphatic heterocycles. The second-order valence-electron chi connectivity index (χ2n) is 4.27. The van der Waals surface area contributed by atoms with Gasteiger partial charge in [0.1, 0.15) is 11.6 Å². The number of carbonyl (C=O) groups is 1. The summed E-state index contributed by atoms with van der Waals surface area (Å²) in [5, 5.41) is 17.0. The van der Waals surface area contributed by atoms with Crippen LogP contribution in [0.5, 0.6) is 5.75 Å². The number of carbonyl (C=O) groups excluding carboxylic acids is 1. The first-order chi connectivity index (χ1) is 9.20. The van der Waals surface area contributed by atoms with Gasteiger partial charge in [0.2, 0.25) is 5.91 Å². The van der Waals surface area contributed by atoms with E-state index in [1.165, 1.54) is 0 Å². The molecule has 2 aromatic rings. The molecule has 1 aromatic carbocycles. The molecule has 0 radical (unpaired) electrons. The van der Waals surface area contributed by atoms with Gasteiger partial charge in [0, 0.05) is 18.1 Å². The lowest BCUT2D eigenvalue weighted by atomic mass is 10.1. The van der Waals surface area contributed by atoms with Gasteiger partial charge in [-0.05, 0) is 30.0 Å². The number of benzene rings is 1. The van der Waals surface area contributed by atoms with Crippen molar-refractivity contribution in [2.45, 2.75) is 13.3 Å². The maximum Gasteiger partial charge on any atom is 0.239 e. The van der Waals surface area contributed by atoms with Crippen LogP contribution in [0, 0.1) is 0 Å². The Bertz CT molecular complexity index is 584. The predicted molar refractivity (Wildman–Crippen MR) is 75.2 cm³/mol. The molecule has 0 bridgehead atoms. The van der Waals surface area contributed by atoms with Crippen LogP contribution < -0.4 is 10.6 Å². The fraction of sp³-hybridized carbons (Fsp3) is 0.286. The number of anilines is 1. The normalized spacial score (nSPS) is 10.4. The van der Waals surface area contributed by atoms with E-state index in [0.29, 0.717) is 12.4 Å². The van der Waals surface area contributed by atoms with Gasteiger partial charge in [-0.2, -0.15) is 0 Å². The second-order valence-corrected chi connectivity index (χ2v) is 4.27. The summed E-state index contributed by atoms with van der Waals surface area (Å²) in [6.45, 7) is 2.84. The van der Waals surface area contributed by atoms with Gasteiger partial charge in [-0.1, -0.05) is 13.0 Å². The van der Waals surface area contributed by atoms with Crippen LogP contribution in [-0.4, -0.2) is 29.1 Å². The number of fused-ring (bicyclic) bond motifs is 1. The Kier molecular flexibility index (Phi) is 4.18. The van der Waals surface area contributed by atoms with Crippen molar-refractivity contribution in [2.24, 2.45) is 0 Å². The monoisotopic (exact) mass is 259 g/mol. The third-order valence-corrected chi connectivity index (χ3v) is 2.74. The van der Waals surface area contributed by atoms with E-state index in [9.17, 15) is 9.90 Å². The molecule has 5 heteroatoms. The minimum atomic E-state index is -0.0687. The van der Waals surface area contributed by atoms with E-state index in [2.05, 4.69) is 15.6 Å². The van der Waals surface area contributed by atoms with Crippen LogP contribution in [0.4, 0.5) is 5.82 Å². The van der Waals surface area contributed by atoms with Crippen molar-refractivity contribution in [1.29, 1.82) is 0 Å². The van der Waals surface area contributed by atoms with Crippen molar-refractivity contribution < 1.29 is 9.90 Å². The Balaban J connectivity index is 2.12. The van der Waals surface area contributed by atoms with Crippen molar-refractivity contribution in [3.05, 3.63) is 30.5 Å². The minimum absolute atomic E-state index is 0.0687. The Labute approximate surface area is 111 Å². The number of aromatic hydroxyl groups is 1. The molecular formula is C14H17N3O2. The van der Waals surface area contributed by atoms with Crippen LogP contribution in [0.3, 0.4) is 0 Å². The number of pyridine rings is 1. The van der Waals surface area contributed by atoms with Crippen LogP contribution in [0.15, 0.2) is 30.5 Å². The molecular weight excluding hydrogens is 242 g/mol. The van der Waals surface area contributed by atoms with Crippen molar-refractivity contribution >= 4 is 22.5 Å². The number of amides is 1. The summed E-state index contributed by atoms with van der Waals surface area (Å²) in [5.74, 6) is 0.708. The molecule has 1 amide bonds. The average molecular weight is 259 g/mol. The highest BCUT2D eigenvalue weighted by Crippen LogP contribution is 2.24. The third-order valence-electron chi connectivity index (χ3n) is 2.74. The van der Waals surface area contributed by atoms with Gasteiger partial charge in [-0.3, -0.25) is 4.79 Å². The van der Waals surface area contributed by atoms with Gasteiger partial charge in [0.15, 0.2) is 0 Å². The van der Waals surface area contributed by atoms with Crippen LogP contribution >= 0.6 is 0 Å². The summed E-state index contributed by atoms with van der Waals surface area (Å²) in [7, 11) is 0. The number of nitrogens with one attached hydrogen (secondary N) is 2. The lowest BCUT2D eigenvalue weighted by Gasteiger charge is -2.09. The molecule has 0 spiro atoms. The van der Waals surface area contributed by atoms with Crippen LogP contribution in [0.2, 0.25) is 0 Å². The first-order valence-corrected chi connectivity index (χ1v) is 6.29. The molecule has 1 heterocycles. The van der Waals surface area contributed by atoms with Crippen LogP contribution in [0.1, 0.15) is 13.3 Å². The van der Waals surface area contributed by atoms with Crippen LogP contribution in [-0.2, 0) is 4.79 Å². The zero-order valence-corrected chi connectivity index (χ0v) is 10.8. The average Bonchev–Trinajstić information content (AvgIpc) is 2.42. The standard InChI is InChI=1S/C14H17N3O2/c1-2-6-15-13(19)9-17-14-12-8-11(18)4-3-10(12)5-7-16-14/h3-5,7-8,18H,2,6,9H2,1H3,(H,15,19)(H,16,17). The molecule has 0 aliphatic carbocycles. The zero-order valence-electron chi connectivity index (χ0n) is 10.8. The van der Waals surface area contributed by atoms with E-state index in [0.717, 1.165) is 17.2 Å². The zero-order chi connectivity index (χ0) is 13.7. The quantitative estimate of drug-likeness (QED) is 0.766. The summed E-state index contributed by atoms with van der Waals surface area (Å²) < 4.78 is 0. The lowest BCUT2D eigenvalue weighted by Crippen LogP contribution is -2.30. The number of nitrogens with zero attached hydrogens (tertiary/aromatic N) is 1. The van der Waals surface area contributed by atoms with E-state index in [1.807, 2.05) is 19.1 Å². The fourth-order valence-electron chi connectivity index (χ4n) is 1.79. The molecule has 0 saturated carbocycles. The van der Waals surface area contributed by atoms with Crippen molar-refractivity contribution in [3.8, 4) is 5.75 Å². The van der Waals surface area contributed by atoms with E-state index >= 15 is 0 Å². The fourth-order valence-corrected chi connectivity index (χ4v) is 1.79. The Morgan fingerprint density at radius 3 is 3.00 bits per heavy atom. The maximum absolute atomic E-state index is 11.5. The molecule has 100 valence electrons. The van der Waals surface area contributed by atoms with E-state index in [4.69, 9.17) is 0 Å². The highest BCUT2D eigenvalue weighted by Gasteiger charge is 2.05. The summed E-state index contributed by atoms with van der Waals surface area (Å²) in [5.41, 5.74) is 0. The van der Waals surface area contributed by atoms with Gasteiger partial charge in [-0.15, -0.1) is 0 Å². The minimum Gasteiger partial charge on any atom is -0.508 e. The predicted octanol–water partition coefficient (Wildman–Crippen LogP) is 1.88. The molecule has 0 fully saturated rings. The SMILES string of the molecule is CCCNC(=O)CNc1nccc2ccc(O)cc12. The largest absolute Gasteiger partial charge is 0.508 e. The maximum atomic E-state index is 11.5.